The number of cyclic esters (lactones) is 1. The molecule has 0 aromatic rings. The van der Waals surface area contributed by atoms with Crippen LogP contribution in [0.3, 0.4) is 0 Å². The number of aliphatic hydroxyl groups is 1. The molecule has 2 rings (SSSR count). The van der Waals surface area contributed by atoms with Crippen LogP contribution >= 0.6 is 0 Å². The zero-order chi connectivity index (χ0) is 10.0. The fraction of sp³-hybridized carbons (Fsp3) is 0.909. The van der Waals surface area contributed by atoms with Crippen LogP contribution in [0.1, 0.15) is 38.5 Å². The maximum absolute atomic E-state index is 11.2. The van der Waals surface area contributed by atoms with Crippen LogP contribution in [0.25, 0.3) is 0 Å². The number of fused-ring (bicyclic) bond motifs is 1. The summed E-state index contributed by atoms with van der Waals surface area (Å²) in [4.78, 5) is 11.2. The van der Waals surface area contributed by atoms with Crippen LogP contribution in [0.2, 0.25) is 0 Å². The minimum absolute atomic E-state index is 0.0505. The molecular weight excluding hydrogens is 180 g/mol. The second kappa shape index (κ2) is 3.89. The molecule has 0 spiro atoms. The van der Waals surface area contributed by atoms with Gasteiger partial charge in [-0.1, -0.05) is 12.8 Å². The van der Waals surface area contributed by atoms with Crippen molar-refractivity contribution in [1.82, 2.24) is 0 Å². The molecule has 14 heavy (non-hydrogen) atoms. The Kier molecular flexibility index (Phi) is 2.77. The molecule has 0 aromatic heterocycles. The minimum atomic E-state index is -0.0505. The summed E-state index contributed by atoms with van der Waals surface area (Å²) in [6, 6.07) is 0. The second-order valence-corrected chi connectivity index (χ2v) is 4.64. The highest BCUT2D eigenvalue weighted by molar-refractivity contribution is 5.70. The average molecular weight is 198 g/mol. The van der Waals surface area contributed by atoms with Crippen molar-refractivity contribution in [2.45, 2.75) is 38.5 Å². The summed E-state index contributed by atoms with van der Waals surface area (Å²) in [5, 5.41) is 9.08. The van der Waals surface area contributed by atoms with Crippen LogP contribution in [0.4, 0.5) is 0 Å². The van der Waals surface area contributed by atoms with Gasteiger partial charge in [0, 0.05) is 18.4 Å². The van der Waals surface area contributed by atoms with Crippen LogP contribution in [0.15, 0.2) is 0 Å². The summed E-state index contributed by atoms with van der Waals surface area (Å²) in [7, 11) is 0. The van der Waals surface area contributed by atoms with E-state index in [9.17, 15) is 4.79 Å². The lowest BCUT2D eigenvalue weighted by Crippen LogP contribution is -2.44. The Hall–Kier alpha value is -0.570. The van der Waals surface area contributed by atoms with Gasteiger partial charge in [0.2, 0.25) is 0 Å². The molecule has 1 aliphatic carbocycles. The number of carbonyl (C=O) groups excluding carboxylic acids is 1. The van der Waals surface area contributed by atoms with Gasteiger partial charge in [-0.2, -0.15) is 0 Å². The van der Waals surface area contributed by atoms with Gasteiger partial charge < -0.3 is 9.84 Å². The number of carbonyl (C=O) groups is 1. The minimum Gasteiger partial charge on any atom is -0.465 e. The highest BCUT2D eigenvalue weighted by Gasteiger charge is 2.45. The molecular formula is C11H18O3. The maximum Gasteiger partial charge on any atom is 0.306 e. The van der Waals surface area contributed by atoms with Crippen molar-refractivity contribution in [1.29, 1.82) is 0 Å². The molecule has 2 atom stereocenters. The molecule has 80 valence electrons. The van der Waals surface area contributed by atoms with E-state index >= 15 is 0 Å². The highest BCUT2D eigenvalue weighted by atomic mass is 16.5. The third-order valence-electron chi connectivity index (χ3n) is 3.89. The van der Waals surface area contributed by atoms with E-state index in [0.29, 0.717) is 18.9 Å². The van der Waals surface area contributed by atoms with Gasteiger partial charge in [-0.05, 0) is 25.2 Å². The lowest BCUT2D eigenvalue weighted by atomic mass is 9.63. The van der Waals surface area contributed by atoms with E-state index in [-0.39, 0.29) is 18.0 Å². The zero-order valence-corrected chi connectivity index (χ0v) is 8.50. The molecule has 0 aromatic carbocycles. The van der Waals surface area contributed by atoms with E-state index in [1.165, 1.54) is 12.8 Å². The predicted molar refractivity (Wildman–Crippen MR) is 51.7 cm³/mol. The monoisotopic (exact) mass is 198 g/mol. The van der Waals surface area contributed by atoms with Crippen molar-refractivity contribution < 1.29 is 14.6 Å². The van der Waals surface area contributed by atoms with Crippen molar-refractivity contribution in [3.05, 3.63) is 0 Å². The smallest absolute Gasteiger partial charge is 0.306 e. The van der Waals surface area contributed by atoms with Gasteiger partial charge in [-0.25, -0.2) is 0 Å². The number of esters is 1. The molecule has 1 N–H and O–H groups in total. The van der Waals surface area contributed by atoms with Crippen LogP contribution in [0, 0.1) is 11.3 Å². The third kappa shape index (κ3) is 1.65. The fourth-order valence-electron chi connectivity index (χ4n) is 2.99. The van der Waals surface area contributed by atoms with Crippen molar-refractivity contribution in [3.8, 4) is 0 Å². The molecule has 1 saturated heterocycles. The summed E-state index contributed by atoms with van der Waals surface area (Å²) in [5.41, 5.74) is 0.112. The van der Waals surface area contributed by atoms with E-state index in [1.807, 2.05) is 0 Å². The van der Waals surface area contributed by atoms with E-state index in [1.54, 1.807) is 0 Å². The van der Waals surface area contributed by atoms with E-state index < -0.39 is 0 Å². The lowest BCUT2D eigenvalue weighted by Gasteiger charge is -2.46. The van der Waals surface area contributed by atoms with E-state index in [4.69, 9.17) is 9.84 Å². The Morgan fingerprint density at radius 1 is 1.50 bits per heavy atom. The van der Waals surface area contributed by atoms with E-state index in [0.717, 1.165) is 19.3 Å². The fourth-order valence-corrected chi connectivity index (χ4v) is 2.99. The Bertz CT molecular complexity index is 223. The SMILES string of the molecule is O=C1C[C@@H]2CCCC[C@]2(CCO)CO1. The molecule has 0 amide bonds. The first-order chi connectivity index (χ1) is 6.77. The molecule has 3 heteroatoms. The zero-order valence-electron chi connectivity index (χ0n) is 8.50. The van der Waals surface area contributed by atoms with Gasteiger partial charge in [0.1, 0.15) is 0 Å². The predicted octanol–water partition coefficient (Wildman–Crippen LogP) is 1.49. The molecule has 1 saturated carbocycles. The Morgan fingerprint density at radius 3 is 3.14 bits per heavy atom. The summed E-state index contributed by atoms with van der Waals surface area (Å²) < 4.78 is 5.15. The summed E-state index contributed by atoms with van der Waals surface area (Å²) in [6.45, 7) is 0.755. The number of aliphatic hydroxyl groups excluding tert-OH is 1. The maximum atomic E-state index is 11.2. The third-order valence-corrected chi connectivity index (χ3v) is 3.89. The van der Waals surface area contributed by atoms with Crippen LogP contribution in [0.5, 0.6) is 0 Å². The number of hydrogen-bond acceptors (Lipinski definition) is 3. The first kappa shape index (κ1) is 9.97. The largest absolute Gasteiger partial charge is 0.465 e. The van der Waals surface area contributed by atoms with Crippen molar-refractivity contribution in [3.63, 3.8) is 0 Å². The van der Waals surface area contributed by atoms with Crippen molar-refractivity contribution in [2.75, 3.05) is 13.2 Å². The first-order valence-corrected chi connectivity index (χ1v) is 5.53. The van der Waals surface area contributed by atoms with Crippen molar-refractivity contribution in [2.24, 2.45) is 11.3 Å². The lowest BCUT2D eigenvalue weighted by molar-refractivity contribution is -0.164. The van der Waals surface area contributed by atoms with E-state index in [2.05, 4.69) is 0 Å². The van der Waals surface area contributed by atoms with Crippen LogP contribution in [-0.4, -0.2) is 24.3 Å². The molecule has 1 heterocycles. The number of ether oxygens (including phenoxy) is 1. The van der Waals surface area contributed by atoms with Gasteiger partial charge in [0.25, 0.3) is 0 Å². The number of rotatable bonds is 2. The molecule has 2 fully saturated rings. The molecule has 2 aliphatic rings. The van der Waals surface area contributed by atoms with Gasteiger partial charge in [0.05, 0.1) is 6.61 Å². The molecule has 3 nitrogen and oxygen atoms in total. The molecule has 0 radical (unpaired) electrons. The Balaban J connectivity index is 2.11. The summed E-state index contributed by atoms with van der Waals surface area (Å²) >= 11 is 0. The molecule has 0 bridgehead atoms. The summed E-state index contributed by atoms with van der Waals surface area (Å²) in [6.07, 6.45) is 6.06. The normalized spacial score (nSPS) is 37.5. The first-order valence-electron chi connectivity index (χ1n) is 5.53. The van der Waals surface area contributed by atoms with Crippen LogP contribution < -0.4 is 0 Å². The molecule has 1 aliphatic heterocycles. The number of hydrogen-bond donors (Lipinski definition) is 1. The van der Waals surface area contributed by atoms with Gasteiger partial charge >= 0.3 is 5.97 Å². The topological polar surface area (TPSA) is 46.5 Å². The molecule has 0 unspecified atom stereocenters. The Labute approximate surface area is 84.4 Å². The second-order valence-electron chi connectivity index (χ2n) is 4.64. The highest BCUT2D eigenvalue weighted by Crippen LogP contribution is 2.48. The average Bonchev–Trinajstić information content (AvgIpc) is 2.19. The Morgan fingerprint density at radius 2 is 2.36 bits per heavy atom. The summed E-state index contributed by atoms with van der Waals surface area (Å²) in [5.74, 6) is 0.412. The standard InChI is InChI=1S/C11H18O3/c12-6-5-11-4-2-1-3-9(11)7-10(13)14-8-11/h9,12H,1-8H2/t9-,11-/m0/s1. The van der Waals surface area contributed by atoms with Gasteiger partial charge in [0.15, 0.2) is 0 Å². The van der Waals surface area contributed by atoms with Crippen LogP contribution in [-0.2, 0) is 9.53 Å². The van der Waals surface area contributed by atoms with Gasteiger partial charge in [-0.3, -0.25) is 4.79 Å². The van der Waals surface area contributed by atoms with Crippen molar-refractivity contribution >= 4 is 5.97 Å². The quantitative estimate of drug-likeness (QED) is 0.684. The van der Waals surface area contributed by atoms with Gasteiger partial charge in [-0.15, -0.1) is 0 Å².